The SMILES string of the molecule is CC(Br)c1ccccc1NC(=O)C(C)(C)S(C)(=O)=O. The second-order valence-electron chi connectivity index (χ2n) is 4.94. The molecular formula is C13H18BrNO3S. The van der Waals surface area contributed by atoms with Gasteiger partial charge in [0, 0.05) is 16.8 Å². The summed E-state index contributed by atoms with van der Waals surface area (Å²) in [6.07, 6.45) is 1.06. The summed E-state index contributed by atoms with van der Waals surface area (Å²) in [5.41, 5.74) is 1.52. The molecule has 0 saturated carbocycles. The van der Waals surface area contributed by atoms with Crippen LogP contribution in [0.25, 0.3) is 0 Å². The Bertz CT molecular complexity index is 579. The van der Waals surface area contributed by atoms with Crippen LogP contribution in [0.2, 0.25) is 0 Å². The van der Waals surface area contributed by atoms with Crippen LogP contribution in [-0.2, 0) is 14.6 Å². The highest BCUT2D eigenvalue weighted by Gasteiger charge is 2.38. The number of benzene rings is 1. The molecule has 0 aliphatic carbocycles. The van der Waals surface area contributed by atoms with Gasteiger partial charge in [0.15, 0.2) is 9.84 Å². The van der Waals surface area contributed by atoms with E-state index in [1.165, 1.54) is 13.8 Å². The molecule has 19 heavy (non-hydrogen) atoms. The molecule has 0 aliphatic rings. The number of para-hydroxylation sites is 1. The van der Waals surface area contributed by atoms with E-state index in [1.807, 2.05) is 19.1 Å². The van der Waals surface area contributed by atoms with Crippen molar-refractivity contribution >= 4 is 37.4 Å². The van der Waals surface area contributed by atoms with Crippen LogP contribution >= 0.6 is 15.9 Å². The minimum absolute atomic E-state index is 0.0605. The highest BCUT2D eigenvalue weighted by Crippen LogP contribution is 2.29. The van der Waals surface area contributed by atoms with E-state index in [-0.39, 0.29) is 4.83 Å². The molecule has 1 atom stereocenters. The van der Waals surface area contributed by atoms with E-state index in [0.717, 1.165) is 11.8 Å². The summed E-state index contributed by atoms with van der Waals surface area (Å²) in [5, 5.41) is 2.69. The Hall–Kier alpha value is -0.880. The average Bonchev–Trinajstić information content (AvgIpc) is 2.27. The number of nitrogens with one attached hydrogen (secondary N) is 1. The van der Waals surface area contributed by atoms with Crippen molar-refractivity contribution < 1.29 is 13.2 Å². The van der Waals surface area contributed by atoms with Crippen LogP contribution in [-0.4, -0.2) is 25.3 Å². The van der Waals surface area contributed by atoms with E-state index < -0.39 is 20.5 Å². The molecule has 4 nitrogen and oxygen atoms in total. The molecule has 1 aromatic carbocycles. The van der Waals surface area contributed by atoms with Crippen LogP contribution in [0.4, 0.5) is 5.69 Å². The van der Waals surface area contributed by atoms with Crippen LogP contribution in [0, 0.1) is 0 Å². The zero-order chi connectivity index (χ0) is 14.8. The molecule has 0 aromatic heterocycles. The lowest BCUT2D eigenvalue weighted by molar-refractivity contribution is -0.117. The van der Waals surface area contributed by atoms with Crippen molar-refractivity contribution in [2.45, 2.75) is 30.3 Å². The number of sulfone groups is 1. The fourth-order valence-electron chi connectivity index (χ4n) is 1.40. The molecule has 0 bridgehead atoms. The first kappa shape index (κ1) is 16.2. The standard InChI is InChI=1S/C13H18BrNO3S/c1-9(14)10-7-5-6-8-11(10)15-12(16)13(2,3)19(4,17)18/h5-9H,1-4H3,(H,15,16). The van der Waals surface area contributed by atoms with Crippen LogP contribution < -0.4 is 5.32 Å². The van der Waals surface area contributed by atoms with Crippen LogP contribution in [0.3, 0.4) is 0 Å². The van der Waals surface area contributed by atoms with Gasteiger partial charge in [-0.05, 0) is 32.4 Å². The van der Waals surface area contributed by atoms with Gasteiger partial charge < -0.3 is 5.32 Å². The maximum atomic E-state index is 12.2. The molecule has 0 radical (unpaired) electrons. The van der Waals surface area contributed by atoms with Crippen molar-refractivity contribution in [3.05, 3.63) is 29.8 Å². The molecule has 0 aliphatic heterocycles. The van der Waals surface area contributed by atoms with E-state index >= 15 is 0 Å². The van der Waals surface area contributed by atoms with Crippen molar-refractivity contribution in [2.75, 3.05) is 11.6 Å². The van der Waals surface area contributed by atoms with Gasteiger partial charge in [0.05, 0.1) is 0 Å². The lowest BCUT2D eigenvalue weighted by atomic mass is 10.1. The third-order valence-corrected chi connectivity index (χ3v) is 5.64. The highest BCUT2D eigenvalue weighted by atomic mass is 79.9. The maximum absolute atomic E-state index is 12.2. The van der Waals surface area contributed by atoms with Gasteiger partial charge in [0.2, 0.25) is 5.91 Å². The number of anilines is 1. The predicted octanol–water partition coefficient (Wildman–Crippen LogP) is 2.90. The summed E-state index contributed by atoms with van der Waals surface area (Å²) >= 11 is 3.44. The molecule has 0 saturated heterocycles. The lowest BCUT2D eigenvalue weighted by Gasteiger charge is -2.22. The molecular weight excluding hydrogens is 330 g/mol. The van der Waals surface area contributed by atoms with E-state index in [1.54, 1.807) is 12.1 Å². The fraction of sp³-hybridized carbons (Fsp3) is 0.462. The van der Waals surface area contributed by atoms with Gasteiger partial charge in [-0.25, -0.2) is 8.42 Å². The number of rotatable bonds is 4. The van der Waals surface area contributed by atoms with Gasteiger partial charge in [0.1, 0.15) is 4.75 Å². The third-order valence-electron chi connectivity index (χ3n) is 3.11. The number of carbonyl (C=O) groups is 1. The van der Waals surface area contributed by atoms with E-state index in [2.05, 4.69) is 21.2 Å². The Morgan fingerprint density at radius 3 is 2.32 bits per heavy atom. The summed E-state index contributed by atoms with van der Waals surface area (Å²) in [6, 6.07) is 7.29. The topological polar surface area (TPSA) is 63.2 Å². The summed E-state index contributed by atoms with van der Waals surface area (Å²) in [6.45, 7) is 4.74. The molecule has 1 N–H and O–H groups in total. The van der Waals surface area contributed by atoms with Crippen molar-refractivity contribution in [3.8, 4) is 0 Å². The summed E-state index contributed by atoms with van der Waals surface area (Å²) in [4.78, 5) is 12.2. The number of hydrogen-bond acceptors (Lipinski definition) is 3. The van der Waals surface area contributed by atoms with Gasteiger partial charge in [0.25, 0.3) is 0 Å². The van der Waals surface area contributed by atoms with Gasteiger partial charge >= 0.3 is 0 Å². The molecule has 6 heteroatoms. The summed E-state index contributed by atoms with van der Waals surface area (Å²) < 4.78 is 21.8. The molecule has 1 amide bonds. The fourth-order valence-corrected chi connectivity index (χ4v) is 2.19. The quantitative estimate of drug-likeness (QED) is 0.851. The Morgan fingerprint density at radius 2 is 1.84 bits per heavy atom. The van der Waals surface area contributed by atoms with Crippen molar-refractivity contribution in [1.82, 2.24) is 0 Å². The van der Waals surface area contributed by atoms with Crippen LogP contribution in [0.5, 0.6) is 0 Å². The van der Waals surface area contributed by atoms with Gasteiger partial charge in [-0.2, -0.15) is 0 Å². The molecule has 106 valence electrons. The zero-order valence-corrected chi connectivity index (χ0v) is 13.8. The lowest BCUT2D eigenvalue weighted by Crippen LogP contribution is -2.44. The number of alkyl halides is 1. The summed E-state index contributed by atoms with van der Waals surface area (Å²) in [7, 11) is -3.48. The van der Waals surface area contributed by atoms with Gasteiger partial charge in [-0.3, -0.25) is 4.79 Å². The van der Waals surface area contributed by atoms with Crippen molar-refractivity contribution in [2.24, 2.45) is 0 Å². The monoisotopic (exact) mass is 347 g/mol. The largest absolute Gasteiger partial charge is 0.324 e. The first-order chi connectivity index (χ1) is 8.57. The van der Waals surface area contributed by atoms with Gasteiger partial charge in [-0.1, -0.05) is 34.1 Å². The smallest absolute Gasteiger partial charge is 0.245 e. The van der Waals surface area contributed by atoms with Gasteiger partial charge in [-0.15, -0.1) is 0 Å². The highest BCUT2D eigenvalue weighted by molar-refractivity contribution is 9.09. The Kier molecular flexibility index (Phi) is 4.79. The van der Waals surface area contributed by atoms with E-state index in [4.69, 9.17) is 0 Å². The third kappa shape index (κ3) is 3.57. The maximum Gasteiger partial charge on any atom is 0.245 e. The first-order valence-electron chi connectivity index (χ1n) is 5.81. The molecule has 0 spiro atoms. The zero-order valence-electron chi connectivity index (χ0n) is 11.4. The Balaban J connectivity index is 3.08. The second-order valence-corrected chi connectivity index (χ2v) is 8.88. The second kappa shape index (κ2) is 5.63. The van der Waals surface area contributed by atoms with Crippen molar-refractivity contribution in [1.29, 1.82) is 0 Å². The Labute approximate surface area is 122 Å². The average molecular weight is 348 g/mol. The number of amides is 1. The minimum Gasteiger partial charge on any atom is -0.324 e. The van der Waals surface area contributed by atoms with Crippen LogP contribution in [0.15, 0.2) is 24.3 Å². The van der Waals surface area contributed by atoms with E-state index in [9.17, 15) is 13.2 Å². The molecule has 0 fully saturated rings. The number of hydrogen-bond donors (Lipinski definition) is 1. The minimum atomic E-state index is -3.48. The number of halogens is 1. The predicted molar refractivity (Wildman–Crippen MR) is 81.3 cm³/mol. The van der Waals surface area contributed by atoms with Crippen LogP contribution in [0.1, 0.15) is 31.2 Å². The normalized spacial score (nSPS) is 13.9. The number of carbonyl (C=O) groups excluding carboxylic acids is 1. The molecule has 1 aromatic rings. The summed E-state index contributed by atoms with van der Waals surface area (Å²) in [5.74, 6) is -0.532. The molecule has 1 unspecified atom stereocenters. The Morgan fingerprint density at radius 1 is 1.32 bits per heavy atom. The van der Waals surface area contributed by atoms with Crippen molar-refractivity contribution in [3.63, 3.8) is 0 Å². The van der Waals surface area contributed by atoms with E-state index in [0.29, 0.717) is 5.69 Å². The molecule has 0 heterocycles. The molecule has 1 rings (SSSR count). The first-order valence-corrected chi connectivity index (χ1v) is 8.62.